The molecule has 0 aromatic rings. The number of carbonyl (C=O) groups excluding carboxylic acids is 3. The van der Waals surface area contributed by atoms with Gasteiger partial charge in [0.2, 0.25) is 0 Å². The molecule has 0 aromatic heterocycles. The Morgan fingerprint density at radius 1 is 0.350 bits per heavy atom. The number of allylic oxidation sites excluding steroid dienone is 6. The first-order valence-corrected chi connectivity index (χ1v) is 26.0. The van der Waals surface area contributed by atoms with Gasteiger partial charge in [0.05, 0.1) is 0 Å². The molecular formula is C54H98O6. The summed E-state index contributed by atoms with van der Waals surface area (Å²) in [7, 11) is 0. The van der Waals surface area contributed by atoms with Crippen molar-refractivity contribution in [3.05, 3.63) is 36.5 Å². The fourth-order valence-corrected chi connectivity index (χ4v) is 7.52. The van der Waals surface area contributed by atoms with E-state index in [1.54, 1.807) is 0 Å². The van der Waals surface area contributed by atoms with E-state index in [1.165, 1.54) is 135 Å². The fourth-order valence-electron chi connectivity index (χ4n) is 7.52. The first-order valence-electron chi connectivity index (χ1n) is 26.0. The van der Waals surface area contributed by atoms with Crippen LogP contribution >= 0.6 is 0 Å². The zero-order chi connectivity index (χ0) is 43.7. The van der Waals surface area contributed by atoms with Crippen LogP contribution in [0.5, 0.6) is 0 Å². The second-order valence-electron chi connectivity index (χ2n) is 17.4. The van der Waals surface area contributed by atoms with E-state index < -0.39 is 6.10 Å². The van der Waals surface area contributed by atoms with Gasteiger partial charge in [-0.15, -0.1) is 0 Å². The Morgan fingerprint density at radius 2 is 0.650 bits per heavy atom. The summed E-state index contributed by atoms with van der Waals surface area (Å²) in [6.07, 6.45) is 56.9. The monoisotopic (exact) mass is 843 g/mol. The SMILES string of the molecule is CC/C=C\C/C=C\C/C=C\CCCCCCCC(=O)OCC(COC(=O)CCCCCCCCCCCCCC)OC(=O)CCCCCCCCCCCCCCCCC. The number of unbranched alkanes of at least 4 members (excludes halogenated alkanes) is 30. The average Bonchev–Trinajstić information content (AvgIpc) is 3.24. The third-order valence-electron chi connectivity index (χ3n) is 11.4. The molecule has 0 aliphatic carbocycles. The number of ether oxygens (including phenoxy) is 3. The quantitative estimate of drug-likeness (QED) is 0.0263. The predicted molar refractivity (Wildman–Crippen MR) is 256 cm³/mol. The van der Waals surface area contributed by atoms with E-state index in [1.807, 2.05) is 0 Å². The van der Waals surface area contributed by atoms with E-state index in [0.29, 0.717) is 19.3 Å². The lowest BCUT2D eigenvalue weighted by Crippen LogP contribution is -2.30. The van der Waals surface area contributed by atoms with Gasteiger partial charge in [0.15, 0.2) is 6.10 Å². The summed E-state index contributed by atoms with van der Waals surface area (Å²) in [5, 5.41) is 0. The molecule has 0 saturated heterocycles. The van der Waals surface area contributed by atoms with E-state index in [-0.39, 0.29) is 31.1 Å². The van der Waals surface area contributed by atoms with Crippen molar-refractivity contribution in [2.75, 3.05) is 13.2 Å². The first kappa shape index (κ1) is 57.6. The molecule has 6 heteroatoms. The Balaban J connectivity index is 4.36. The highest BCUT2D eigenvalue weighted by atomic mass is 16.6. The average molecular weight is 843 g/mol. The molecule has 0 fully saturated rings. The van der Waals surface area contributed by atoms with Gasteiger partial charge in [-0.1, -0.05) is 237 Å². The van der Waals surface area contributed by atoms with Crippen molar-refractivity contribution in [2.24, 2.45) is 0 Å². The number of rotatable bonds is 47. The molecule has 60 heavy (non-hydrogen) atoms. The minimum Gasteiger partial charge on any atom is -0.462 e. The van der Waals surface area contributed by atoms with Gasteiger partial charge in [-0.3, -0.25) is 14.4 Å². The van der Waals surface area contributed by atoms with Crippen LogP contribution in [0.2, 0.25) is 0 Å². The van der Waals surface area contributed by atoms with Gasteiger partial charge in [-0.2, -0.15) is 0 Å². The van der Waals surface area contributed by atoms with Crippen LogP contribution in [0.4, 0.5) is 0 Å². The van der Waals surface area contributed by atoms with E-state index in [4.69, 9.17) is 14.2 Å². The summed E-state index contributed by atoms with van der Waals surface area (Å²) in [5.74, 6) is -0.879. The molecular weight excluding hydrogens is 745 g/mol. The smallest absolute Gasteiger partial charge is 0.306 e. The Bertz CT molecular complexity index is 1020. The van der Waals surface area contributed by atoms with Crippen molar-refractivity contribution in [2.45, 2.75) is 277 Å². The Kier molecular flexibility index (Phi) is 47.3. The number of hydrogen-bond donors (Lipinski definition) is 0. The Labute approximate surface area is 372 Å². The van der Waals surface area contributed by atoms with Crippen LogP contribution in [0.1, 0.15) is 271 Å². The van der Waals surface area contributed by atoms with Gasteiger partial charge in [-0.05, 0) is 51.4 Å². The highest BCUT2D eigenvalue weighted by molar-refractivity contribution is 5.71. The lowest BCUT2D eigenvalue weighted by Gasteiger charge is -2.18. The molecule has 0 bridgehead atoms. The molecule has 0 N–H and O–H groups in total. The number of carbonyl (C=O) groups is 3. The van der Waals surface area contributed by atoms with Crippen LogP contribution in [0.15, 0.2) is 36.5 Å². The fraction of sp³-hybridized carbons (Fsp3) is 0.833. The molecule has 0 spiro atoms. The van der Waals surface area contributed by atoms with Gasteiger partial charge in [0.1, 0.15) is 13.2 Å². The maximum atomic E-state index is 12.8. The van der Waals surface area contributed by atoms with E-state index in [0.717, 1.165) is 96.3 Å². The highest BCUT2D eigenvalue weighted by Gasteiger charge is 2.19. The van der Waals surface area contributed by atoms with Crippen LogP contribution in [0.3, 0.4) is 0 Å². The Hall–Kier alpha value is -2.37. The normalized spacial score (nSPS) is 12.2. The van der Waals surface area contributed by atoms with Gasteiger partial charge in [-0.25, -0.2) is 0 Å². The third kappa shape index (κ3) is 46.7. The van der Waals surface area contributed by atoms with E-state index in [9.17, 15) is 14.4 Å². The summed E-state index contributed by atoms with van der Waals surface area (Å²) < 4.78 is 16.8. The van der Waals surface area contributed by atoms with E-state index >= 15 is 0 Å². The zero-order valence-electron chi connectivity index (χ0n) is 40.0. The van der Waals surface area contributed by atoms with Crippen molar-refractivity contribution >= 4 is 17.9 Å². The lowest BCUT2D eigenvalue weighted by molar-refractivity contribution is -0.167. The first-order chi connectivity index (χ1) is 29.5. The Morgan fingerprint density at radius 3 is 1.02 bits per heavy atom. The maximum Gasteiger partial charge on any atom is 0.306 e. The summed E-state index contributed by atoms with van der Waals surface area (Å²) in [6.45, 7) is 6.53. The molecule has 6 nitrogen and oxygen atoms in total. The molecule has 350 valence electrons. The minimum atomic E-state index is -0.773. The van der Waals surface area contributed by atoms with Gasteiger partial charge >= 0.3 is 17.9 Å². The largest absolute Gasteiger partial charge is 0.462 e. The molecule has 0 aromatic carbocycles. The highest BCUT2D eigenvalue weighted by Crippen LogP contribution is 2.16. The van der Waals surface area contributed by atoms with Crippen molar-refractivity contribution in [1.82, 2.24) is 0 Å². The predicted octanol–water partition coefficient (Wildman–Crippen LogP) is 16.9. The molecule has 0 radical (unpaired) electrons. The van der Waals surface area contributed by atoms with Crippen molar-refractivity contribution in [3.63, 3.8) is 0 Å². The lowest BCUT2D eigenvalue weighted by atomic mass is 10.0. The summed E-state index contributed by atoms with van der Waals surface area (Å²) in [6, 6.07) is 0. The maximum absolute atomic E-state index is 12.8. The topological polar surface area (TPSA) is 78.9 Å². The van der Waals surface area contributed by atoms with Gasteiger partial charge in [0, 0.05) is 19.3 Å². The number of esters is 3. The number of hydrogen-bond acceptors (Lipinski definition) is 6. The second kappa shape index (κ2) is 49.3. The van der Waals surface area contributed by atoms with Crippen molar-refractivity contribution < 1.29 is 28.6 Å². The molecule has 0 aliphatic heterocycles. The molecule has 0 saturated carbocycles. The molecule has 1 unspecified atom stereocenters. The summed E-state index contributed by atoms with van der Waals surface area (Å²) in [5.41, 5.74) is 0. The molecule has 0 rings (SSSR count). The van der Waals surface area contributed by atoms with Crippen molar-refractivity contribution in [3.8, 4) is 0 Å². The van der Waals surface area contributed by atoms with Crippen LogP contribution < -0.4 is 0 Å². The van der Waals surface area contributed by atoms with E-state index in [2.05, 4.69) is 57.2 Å². The molecule has 0 amide bonds. The van der Waals surface area contributed by atoms with Crippen LogP contribution in [0.25, 0.3) is 0 Å². The molecule has 0 aliphatic rings. The second-order valence-corrected chi connectivity index (χ2v) is 17.4. The summed E-state index contributed by atoms with van der Waals surface area (Å²) in [4.78, 5) is 37.9. The van der Waals surface area contributed by atoms with Gasteiger partial charge in [0.25, 0.3) is 0 Å². The minimum absolute atomic E-state index is 0.0734. The third-order valence-corrected chi connectivity index (χ3v) is 11.4. The van der Waals surface area contributed by atoms with Crippen LogP contribution in [-0.4, -0.2) is 37.2 Å². The van der Waals surface area contributed by atoms with Gasteiger partial charge < -0.3 is 14.2 Å². The molecule has 0 heterocycles. The zero-order valence-corrected chi connectivity index (χ0v) is 40.0. The standard InChI is InChI=1S/C54H98O6/c1-4-7-10-13-16-19-22-25-27-29-32-35-38-41-44-47-53(56)59-50-51(49-58-52(55)46-43-40-37-34-31-24-21-18-15-12-9-6-3)60-54(57)48-45-42-39-36-33-30-28-26-23-20-17-14-11-8-5-2/h7,10,16,19,25,27,51H,4-6,8-9,11-15,17-18,20-24,26,28-50H2,1-3H3/b10-7-,19-16-,27-25-. The summed E-state index contributed by atoms with van der Waals surface area (Å²) >= 11 is 0. The molecule has 1 atom stereocenters. The van der Waals surface area contributed by atoms with Crippen molar-refractivity contribution in [1.29, 1.82) is 0 Å². The van der Waals surface area contributed by atoms with Crippen LogP contribution in [0, 0.1) is 0 Å². The van der Waals surface area contributed by atoms with Crippen LogP contribution in [-0.2, 0) is 28.6 Å².